The van der Waals surface area contributed by atoms with Crippen molar-refractivity contribution in [3.05, 3.63) is 29.3 Å². The normalized spacial score (nSPS) is 9.42. The van der Waals surface area contributed by atoms with Crippen LogP contribution in [0.3, 0.4) is 0 Å². The van der Waals surface area contributed by atoms with Crippen LogP contribution in [0, 0.1) is 6.92 Å². The molecule has 3 heteroatoms. The molecule has 0 amide bonds. The molecule has 1 N–H and O–H groups in total. The molecule has 0 aliphatic heterocycles. The van der Waals surface area contributed by atoms with Gasteiger partial charge in [0.2, 0.25) is 0 Å². The van der Waals surface area contributed by atoms with Crippen LogP contribution in [0.15, 0.2) is 18.2 Å². The second kappa shape index (κ2) is 3.76. The van der Waals surface area contributed by atoms with Gasteiger partial charge in [0.1, 0.15) is 12.4 Å². The molecule has 1 rings (SSSR count). The standard InChI is InChI=1S/C9H10O3/c1-7-4-8(5-12-6-10)2-3-9(7)11/h2-4,6,11H,5H2,1H3. The van der Waals surface area contributed by atoms with Crippen molar-refractivity contribution in [2.45, 2.75) is 13.5 Å². The van der Waals surface area contributed by atoms with Crippen molar-refractivity contribution in [3.63, 3.8) is 0 Å². The Kier molecular flexibility index (Phi) is 2.69. The third kappa shape index (κ3) is 1.99. The molecule has 3 nitrogen and oxygen atoms in total. The quantitative estimate of drug-likeness (QED) is 0.690. The predicted molar refractivity (Wildman–Crippen MR) is 43.7 cm³/mol. The maximum absolute atomic E-state index is 9.86. The van der Waals surface area contributed by atoms with Crippen molar-refractivity contribution in [1.82, 2.24) is 0 Å². The van der Waals surface area contributed by atoms with E-state index in [4.69, 9.17) is 5.11 Å². The van der Waals surface area contributed by atoms with Crippen LogP contribution in [0.4, 0.5) is 0 Å². The fourth-order valence-electron chi connectivity index (χ4n) is 0.938. The van der Waals surface area contributed by atoms with E-state index in [9.17, 15) is 4.79 Å². The monoisotopic (exact) mass is 166 g/mol. The van der Waals surface area contributed by atoms with Crippen LogP contribution in [0.1, 0.15) is 11.1 Å². The van der Waals surface area contributed by atoms with Crippen LogP contribution in [-0.2, 0) is 16.1 Å². The van der Waals surface area contributed by atoms with E-state index in [1.165, 1.54) is 0 Å². The van der Waals surface area contributed by atoms with Gasteiger partial charge in [-0.25, -0.2) is 0 Å². The van der Waals surface area contributed by atoms with Crippen molar-refractivity contribution >= 4 is 6.47 Å². The molecule has 64 valence electrons. The van der Waals surface area contributed by atoms with Gasteiger partial charge in [-0.2, -0.15) is 0 Å². The Morgan fingerprint density at radius 2 is 2.33 bits per heavy atom. The highest BCUT2D eigenvalue weighted by atomic mass is 16.5. The molecule has 0 saturated heterocycles. The zero-order chi connectivity index (χ0) is 8.97. The molecule has 0 heterocycles. The van der Waals surface area contributed by atoms with Gasteiger partial charge in [0.05, 0.1) is 0 Å². The highest BCUT2D eigenvalue weighted by molar-refractivity contribution is 5.39. The fourth-order valence-corrected chi connectivity index (χ4v) is 0.938. The average molecular weight is 166 g/mol. The first-order valence-corrected chi connectivity index (χ1v) is 3.58. The average Bonchev–Trinajstić information content (AvgIpc) is 2.07. The summed E-state index contributed by atoms with van der Waals surface area (Å²) in [7, 11) is 0. The molecular weight excluding hydrogens is 156 g/mol. The van der Waals surface area contributed by atoms with Crippen molar-refractivity contribution in [1.29, 1.82) is 0 Å². The molecule has 12 heavy (non-hydrogen) atoms. The lowest BCUT2D eigenvalue weighted by atomic mass is 10.1. The fraction of sp³-hybridized carbons (Fsp3) is 0.222. The SMILES string of the molecule is Cc1cc(COC=O)ccc1O. The Labute approximate surface area is 70.6 Å². The van der Waals surface area contributed by atoms with Crippen molar-refractivity contribution in [2.24, 2.45) is 0 Å². The Hall–Kier alpha value is -1.51. The maximum atomic E-state index is 9.86. The minimum atomic E-state index is 0.254. The van der Waals surface area contributed by atoms with Gasteiger partial charge in [-0.05, 0) is 30.2 Å². The summed E-state index contributed by atoms with van der Waals surface area (Å²) < 4.78 is 4.55. The van der Waals surface area contributed by atoms with Gasteiger partial charge in [0.25, 0.3) is 6.47 Å². The minimum Gasteiger partial charge on any atom is -0.508 e. The second-order valence-electron chi connectivity index (χ2n) is 2.53. The van der Waals surface area contributed by atoms with Gasteiger partial charge in [0, 0.05) is 0 Å². The second-order valence-corrected chi connectivity index (χ2v) is 2.53. The molecule has 0 fully saturated rings. The van der Waals surface area contributed by atoms with Gasteiger partial charge in [-0.3, -0.25) is 4.79 Å². The summed E-state index contributed by atoms with van der Waals surface area (Å²) in [5.41, 5.74) is 1.65. The predicted octanol–water partition coefficient (Wildman–Crippen LogP) is 1.37. The van der Waals surface area contributed by atoms with E-state index < -0.39 is 0 Å². The Bertz CT molecular complexity index is 281. The molecule has 1 aromatic carbocycles. The molecule has 0 radical (unpaired) electrons. The molecule has 0 bridgehead atoms. The van der Waals surface area contributed by atoms with Gasteiger partial charge in [-0.1, -0.05) is 6.07 Å². The summed E-state index contributed by atoms with van der Waals surface area (Å²) >= 11 is 0. The number of benzene rings is 1. The van der Waals surface area contributed by atoms with E-state index in [0.717, 1.165) is 11.1 Å². The van der Waals surface area contributed by atoms with Crippen molar-refractivity contribution < 1.29 is 14.6 Å². The number of carbonyl (C=O) groups is 1. The molecule has 0 aliphatic rings. The largest absolute Gasteiger partial charge is 0.508 e. The maximum Gasteiger partial charge on any atom is 0.293 e. The Balaban J connectivity index is 2.75. The minimum absolute atomic E-state index is 0.254. The number of carbonyl (C=O) groups excluding carboxylic acids is 1. The van der Waals surface area contributed by atoms with Crippen LogP contribution < -0.4 is 0 Å². The Morgan fingerprint density at radius 1 is 1.58 bits per heavy atom. The number of phenolic OH excluding ortho intramolecular Hbond substituents is 1. The van der Waals surface area contributed by atoms with Crippen molar-refractivity contribution in [3.8, 4) is 5.75 Å². The van der Waals surface area contributed by atoms with Crippen LogP contribution >= 0.6 is 0 Å². The van der Waals surface area contributed by atoms with Crippen LogP contribution in [0.5, 0.6) is 5.75 Å². The highest BCUT2D eigenvalue weighted by Crippen LogP contribution is 2.16. The Morgan fingerprint density at radius 3 is 2.92 bits per heavy atom. The highest BCUT2D eigenvalue weighted by Gasteiger charge is 1.97. The first kappa shape index (κ1) is 8.59. The number of hydrogen-bond acceptors (Lipinski definition) is 3. The van der Waals surface area contributed by atoms with E-state index in [2.05, 4.69) is 4.74 Å². The van der Waals surface area contributed by atoms with Gasteiger partial charge < -0.3 is 9.84 Å². The van der Waals surface area contributed by atoms with Gasteiger partial charge in [-0.15, -0.1) is 0 Å². The smallest absolute Gasteiger partial charge is 0.293 e. The molecule has 0 aliphatic carbocycles. The van der Waals surface area contributed by atoms with E-state index in [1.54, 1.807) is 25.1 Å². The molecule has 0 saturated carbocycles. The van der Waals surface area contributed by atoms with Gasteiger partial charge in [0.15, 0.2) is 0 Å². The van der Waals surface area contributed by atoms with E-state index >= 15 is 0 Å². The zero-order valence-electron chi connectivity index (χ0n) is 6.78. The number of aromatic hydroxyl groups is 1. The summed E-state index contributed by atoms with van der Waals surface area (Å²) in [6.45, 7) is 2.45. The van der Waals surface area contributed by atoms with E-state index in [1.807, 2.05) is 0 Å². The van der Waals surface area contributed by atoms with Gasteiger partial charge >= 0.3 is 0 Å². The van der Waals surface area contributed by atoms with E-state index in [0.29, 0.717) is 6.47 Å². The van der Waals surface area contributed by atoms with Crippen molar-refractivity contribution in [2.75, 3.05) is 0 Å². The number of aryl methyl sites for hydroxylation is 1. The third-order valence-corrected chi connectivity index (χ3v) is 1.58. The summed E-state index contributed by atoms with van der Waals surface area (Å²) in [4.78, 5) is 9.86. The lowest BCUT2D eigenvalue weighted by Crippen LogP contribution is -1.90. The summed E-state index contributed by atoms with van der Waals surface area (Å²) in [6, 6.07) is 5.07. The molecule has 0 aromatic heterocycles. The third-order valence-electron chi connectivity index (χ3n) is 1.58. The zero-order valence-corrected chi connectivity index (χ0v) is 6.78. The molecular formula is C9H10O3. The summed E-state index contributed by atoms with van der Waals surface area (Å²) in [5.74, 6) is 0.254. The number of rotatable bonds is 3. The summed E-state index contributed by atoms with van der Waals surface area (Å²) in [5, 5.41) is 9.16. The first-order chi connectivity index (χ1) is 5.74. The number of hydrogen-bond donors (Lipinski definition) is 1. The lowest BCUT2D eigenvalue weighted by molar-refractivity contribution is -0.129. The number of phenols is 1. The molecule has 0 spiro atoms. The topological polar surface area (TPSA) is 46.5 Å². The van der Waals surface area contributed by atoms with Crippen LogP contribution in [0.2, 0.25) is 0 Å². The van der Waals surface area contributed by atoms with Crippen LogP contribution in [-0.4, -0.2) is 11.6 Å². The van der Waals surface area contributed by atoms with E-state index in [-0.39, 0.29) is 12.4 Å². The summed E-state index contributed by atoms with van der Waals surface area (Å²) in [6.07, 6.45) is 0. The molecule has 1 aromatic rings. The molecule has 0 atom stereocenters. The number of ether oxygens (including phenoxy) is 1. The lowest BCUT2D eigenvalue weighted by Gasteiger charge is -2.02. The molecule has 0 unspecified atom stereocenters. The first-order valence-electron chi connectivity index (χ1n) is 3.58. The van der Waals surface area contributed by atoms with Crippen LogP contribution in [0.25, 0.3) is 0 Å².